The quantitative estimate of drug-likeness (QED) is 0.409. The van der Waals surface area contributed by atoms with Crippen LogP contribution in [0.2, 0.25) is 0 Å². The number of anilines is 2. The lowest BCUT2D eigenvalue weighted by molar-refractivity contribution is 0.556. The van der Waals surface area contributed by atoms with Gasteiger partial charge < -0.3 is 9.88 Å². The van der Waals surface area contributed by atoms with Gasteiger partial charge in [-0.1, -0.05) is 37.1 Å². The average Bonchev–Trinajstić information content (AvgIpc) is 3.42. The van der Waals surface area contributed by atoms with E-state index in [0.29, 0.717) is 0 Å². The van der Waals surface area contributed by atoms with Crippen LogP contribution in [0.1, 0.15) is 31.2 Å². The summed E-state index contributed by atoms with van der Waals surface area (Å²) in [5, 5.41) is 1.24. The molecule has 1 saturated carbocycles. The third-order valence-corrected chi connectivity index (χ3v) is 6.07. The van der Waals surface area contributed by atoms with Crippen molar-refractivity contribution in [1.82, 2.24) is 9.97 Å². The molecule has 5 rings (SSSR count). The highest BCUT2D eigenvalue weighted by Crippen LogP contribution is 2.37. The maximum atomic E-state index is 4.54. The molecule has 29 heavy (non-hydrogen) atoms. The van der Waals surface area contributed by atoms with E-state index < -0.39 is 0 Å². The van der Waals surface area contributed by atoms with Gasteiger partial charge in [-0.15, -0.1) is 0 Å². The molecule has 0 unspecified atom stereocenters. The Morgan fingerprint density at radius 3 is 2.52 bits per heavy atom. The molecule has 0 bridgehead atoms. The maximum absolute atomic E-state index is 4.54. The Morgan fingerprint density at radius 2 is 1.76 bits per heavy atom. The number of aromatic nitrogens is 2. The first kappa shape index (κ1) is 18.0. The second-order valence-electron chi connectivity index (χ2n) is 8.24. The van der Waals surface area contributed by atoms with E-state index in [1.807, 2.05) is 18.3 Å². The van der Waals surface area contributed by atoms with Crippen molar-refractivity contribution in [3.63, 3.8) is 0 Å². The van der Waals surface area contributed by atoms with Crippen molar-refractivity contribution in [3.05, 3.63) is 78.5 Å². The summed E-state index contributed by atoms with van der Waals surface area (Å²) in [5.74, 6) is 0.760. The minimum Gasteiger partial charge on any atom is -0.352 e. The highest BCUT2D eigenvalue weighted by Gasteiger charge is 2.22. The van der Waals surface area contributed by atoms with Gasteiger partial charge in [-0.2, -0.15) is 0 Å². The molecule has 0 aliphatic heterocycles. The predicted octanol–water partition coefficient (Wildman–Crippen LogP) is 6.87. The van der Waals surface area contributed by atoms with Crippen molar-refractivity contribution in [2.24, 2.45) is 5.92 Å². The lowest BCUT2D eigenvalue weighted by atomic mass is 10.0. The molecule has 1 aliphatic rings. The molecule has 1 fully saturated rings. The van der Waals surface area contributed by atoms with Crippen LogP contribution in [0.4, 0.5) is 11.4 Å². The molecular weight excluding hydrogens is 354 g/mol. The molecule has 1 aliphatic carbocycles. The molecule has 2 aromatic heterocycles. The van der Waals surface area contributed by atoms with Gasteiger partial charge in [0.05, 0.1) is 22.6 Å². The fourth-order valence-electron chi connectivity index (χ4n) is 4.65. The van der Waals surface area contributed by atoms with E-state index in [9.17, 15) is 0 Å². The van der Waals surface area contributed by atoms with Crippen LogP contribution in [-0.4, -0.2) is 16.5 Å². The smallest absolute Gasteiger partial charge is 0.0864 e. The fourth-order valence-corrected chi connectivity index (χ4v) is 4.65. The van der Waals surface area contributed by atoms with Crippen LogP contribution in [0.25, 0.3) is 22.3 Å². The lowest BCUT2D eigenvalue weighted by Crippen LogP contribution is -2.24. The largest absolute Gasteiger partial charge is 0.352 e. The number of para-hydroxylation sites is 1. The van der Waals surface area contributed by atoms with Gasteiger partial charge in [0, 0.05) is 23.8 Å². The molecule has 0 spiro atoms. The zero-order chi connectivity index (χ0) is 19.6. The Balaban J connectivity index is 1.64. The van der Waals surface area contributed by atoms with E-state index >= 15 is 0 Å². The average molecular weight is 382 g/mol. The summed E-state index contributed by atoms with van der Waals surface area (Å²) in [6, 6.07) is 23.7. The second-order valence-corrected chi connectivity index (χ2v) is 8.24. The van der Waals surface area contributed by atoms with Gasteiger partial charge in [-0.05, 0) is 73.7 Å². The first-order chi connectivity index (χ1) is 14.3. The number of H-pyrrole nitrogens is 1. The third-order valence-electron chi connectivity index (χ3n) is 6.07. The van der Waals surface area contributed by atoms with Crippen LogP contribution in [-0.2, 0) is 0 Å². The van der Waals surface area contributed by atoms with E-state index in [1.54, 1.807) is 0 Å². The van der Waals surface area contributed by atoms with E-state index in [1.165, 1.54) is 53.5 Å². The minimum absolute atomic E-state index is 0.760. The number of nitrogens with one attached hydrogen (secondary N) is 1. The van der Waals surface area contributed by atoms with Gasteiger partial charge in [-0.3, -0.25) is 4.98 Å². The molecule has 0 amide bonds. The predicted molar refractivity (Wildman–Crippen MR) is 122 cm³/mol. The molecule has 0 radical (unpaired) electrons. The molecule has 2 heterocycles. The Bertz CT molecular complexity index is 1090. The number of nitrogens with zero attached hydrogens (tertiary/aromatic N) is 2. The number of aromatic amines is 1. The van der Waals surface area contributed by atoms with E-state index in [4.69, 9.17) is 0 Å². The highest BCUT2D eigenvalue weighted by molar-refractivity contribution is 5.97. The van der Waals surface area contributed by atoms with E-state index in [-0.39, 0.29) is 0 Å². The number of aryl methyl sites for hydroxylation is 1. The van der Waals surface area contributed by atoms with E-state index in [0.717, 1.165) is 23.9 Å². The summed E-state index contributed by atoms with van der Waals surface area (Å²) < 4.78 is 0. The van der Waals surface area contributed by atoms with Crippen LogP contribution < -0.4 is 4.90 Å². The molecule has 3 nitrogen and oxygen atoms in total. The van der Waals surface area contributed by atoms with Crippen molar-refractivity contribution in [1.29, 1.82) is 0 Å². The van der Waals surface area contributed by atoms with Crippen molar-refractivity contribution in [2.45, 2.75) is 32.6 Å². The Hall–Kier alpha value is -3.07. The van der Waals surface area contributed by atoms with Crippen molar-refractivity contribution in [3.8, 4) is 11.4 Å². The summed E-state index contributed by atoms with van der Waals surface area (Å²) in [6.45, 7) is 3.26. The SMILES string of the molecule is Cc1cc(N(CC2CCCC2)c2ccccc2)c2[nH]c(-c3ccccn3)cc2c1. The number of hydrogen-bond donors (Lipinski definition) is 1. The first-order valence-electron chi connectivity index (χ1n) is 10.7. The summed E-state index contributed by atoms with van der Waals surface area (Å²) in [4.78, 5) is 10.7. The Labute approximate surface area is 172 Å². The van der Waals surface area contributed by atoms with Crippen molar-refractivity contribution in [2.75, 3.05) is 11.4 Å². The normalized spacial score (nSPS) is 14.5. The monoisotopic (exact) mass is 381 g/mol. The van der Waals surface area contributed by atoms with Gasteiger partial charge in [0.1, 0.15) is 0 Å². The first-order valence-corrected chi connectivity index (χ1v) is 10.7. The molecule has 1 N–H and O–H groups in total. The molecular formula is C26H27N3. The highest BCUT2D eigenvalue weighted by atomic mass is 15.1. The van der Waals surface area contributed by atoms with Gasteiger partial charge in [0.25, 0.3) is 0 Å². The molecule has 2 aromatic carbocycles. The van der Waals surface area contributed by atoms with Gasteiger partial charge >= 0.3 is 0 Å². The minimum atomic E-state index is 0.760. The zero-order valence-corrected chi connectivity index (χ0v) is 16.9. The van der Waals surface area contributed by atoms with Crippen LogP contribution in [0.3, 0.4) is 0 Å². The van der Waals surface area contributed by atoms with Gasteiger partial charge in [0.2, 0.25) is 0 Å². The standard InChI is InChI=1S/C26H27N3/c1-19-15-21-17-24(23-13-7-8-14-27-23)28-26(21)25(16-19)29(18-20-9-5-6-10-20)22-11-3-2-4-12-22/h2-4,7-8,11-17,20,28H,5-6,9-10,18H2,1H3. The van der Waals surface area contributed by atoms with Crippen molar-refractivity contribution < 1.29 is 0 Å². The number of benzene rings is 2. The summed E-state index contributed by atoms with van der Waals surface area (Å²) in [5.41, 5.74) is 7.06. The molecule has 3 heteroatoms. The summed E-state index contributed by atoms with van der Waals surface area (Å²) in [6.07, 6.45) is 7.25. The number of fused-ring (bicyclic) bond motifs is 1. The zero-order valence-electron chi connectivity index (χ0n) is 16.9. The van der Waals surface area contributed by atoms with Crippen LogP contribution >= 0.6 is 0 Å². The van der Waals surface area contributed by atoms with Crippen LogP contribution in [0, 0.1) is 12.8 Å². The molecule has 0 atom stereocenters. The Kier molecular flexibility index (Phi) is 4.81. The number of pyridine rings is 1. The molecule has 0 saturated heterocycles. The molecule has 4 aromatic rings. The molecule has 146 valence electrons. The van der Waals surface area contributed by atoms with Crippen molar-refractivity contribution >= 4 is 22.3 Å². The van der Waals surface area contributed by atoms with Gasteiger partial charge in [0.15, 0.2) is 0 Å². The fraction of sp³-hybridized carbons (Fsp3) is 0.269. The summed E-state index contributed by atoms with van der Waals surface area (Å²) >= 11 is 0. The number of rotatable bonds is 5. The third kappa shape index (κ3) is 3.65. The summed E-state index contributed by atoms with van der Waals surface area (Å²) in [7, 11) is 0. The van der Waals surface area contributed by atoms with Gasteiger partial charge in [-0.25, -0.2) is 0 Å². The Morgan fingerprint density at radius 1 is 0.966 bits per heavy atom. The van der Waals surface area contributed by atoms with E-state index in [2.05, 4.69) is 76.4 Å². The number of hydrogen-bond acceptors (Lipinski definition) is 2. The van der Waals surface area contributed by atoms with Crippen LogP contribution in [0.5, 0.6) is 0 Å². The van der Waals surface area contributed by atoms with Crippen LogP contribution in [0.15, 0.2) is 72.9 Å². The topological polar surface area (TPSA) is 31.9 Å². The second kappa shape index (κ2) is 7.75. The lowest BCUT2D eigenvalue weighted by Gasteiger charge is -2.29. The maximum Gasteiger partial charge on any atom is 0.0864 e.